The van der Waals surface area contributed by atoms with Gasteiger partial charge < -0.3 is 14.2 Å². The largest absolute Gasteiger partial charge is 0.465 e. The fourth-order valence-electron chi connectivity index (χ4n) is 3.26. The predicted molar refractivity (Wildman–Crippen MR) is 115 cm³/mol. The molecule has 31 heavy (non-hydrogen) atoms. The third kappa shape index (κ3) is 9.37. The number of methoxy groups -OCH3 is 1. The molecule has 0 heterocycles. The minimum absolute atomic E-state index is 0.111. The first kappa shape index (κ1) is 27.1. The van der Waals surface area contributed by atoms with Gasteiger partial charge in [0.05, 0.1) is 29.9 Å². The molecule has 0 fully saturated rings. The Morgan fingerprint density at radius 2 is 1.52 bits per heavy atom. The predicted octanol–water partition coefficient (Wildman–Crippen LogP) is 3.60. The Bertz CT molecular complexity index is 788. The van der Waals surface area contributed by atoms with Crippen LogP contribution >= 0.6 is 0 Å². The molecule has 0 aliphatic carbocycles. The molecule has 0 aliphatic heterocycles. The highest BCUT2D eigenvalue weighted by Crippen LogP contribution is 2.30. The van der Waals surface area contributed by atoms with Crippen LogP contribution in [0.3, 0.4) is 0 Å². The molecular formula is C22H34O8S. The maximum atomic E-state index is 12.7. The summed E-state index contributed by atoms with van der Waals surface area (Å²) in [7, 11) is -2.75. The van der Waals surface area contributed by atoms with Crippen molar-refractivity contribution in [2.75, 3.05) is 26.9 Å². The van der Waals surface area contributed by atoms with Gasteiger partial charge >= 0.3 is 11.9 Å². The topological polar surface area (TPSA) is 116 Å². The Morgan fingerprint density at radius 1 is 0.935 bits per heavy atom. The van der Waals surface area contributed by atoms with Crippen LogP contribution < -0.4 is 0 Å². The number of esters is 2. The minimum atomic E-state index is -4.27. The number of hydrogen-bond donors (Lipinski definition) is 1. The number of ether oxygens (including phenoxy) is 3. The molecule has 9 heteroatoms. The van der Waals surface area contributed by atoms with Crippen molar-refractivity contribution in [3.63, 3.8) is 0 Å². The number of rotatable bonds is 14. The van der Waals surface area contributed by atoms with Gasteiger partial charge in [0.1, 0.15) is 6.61 Å². The van der Waals surface area contributed by atoms with E-state index in [1.807, 2.05) is 20.8 Å². The number of hydrogen-bond acceptors (Lipinski definition) is 7. The van der Waals surface area contributed by atoms with Crippen molar-refractivity contribution < 1.29 is 36.8 Å². The van der Waals surface area contributed by atoms with Crippen molar-refractivity contribution >= 4 is 22.1 Å². The van der Waals surface area contributed by atoms with Gasteiger partial charge in [0, 0.05) is 7.11 Å². The summed E-state index contributed by atoms with van der Waals surface area (Å²) in [6.07, 6.45) is 1.98. The average molecular weight is 459 g/mol. The molecule has 1 aromatic rings. The molecule has 0 bridgehead atoms. The van der Waals surface area contributed by atoms with Crippen molar-refractivity contribution in [2.45, 2.75) is 57.3 Å². The zero-order valence-corrected chi connectivity index (χ0v) is 19.5. The van der Waals surface area contributed by atoms with Gasteiger partial charge in [0.2, 0.25) is 0 Å². The van der Waals surface area contributed by atoms with Gasteiger partial charge in [-0.25, -0.2) is 0 Å². The van der Waals surface area contributed by atoms with Crippen LogP contribution in [0.25, 0.3) is 0 Å². The van der Waals surface area contributed by atoms with Gasteiger partial charge in [-0.15, -0.1) is 0 Å². The highest BCUT2D eigenvalue weighted by atomic mass is 32.2. The molecule has 3 atom stereocenters. The average Bonchev–Trinajstić information content (AvgIpc) is 2.74. The molecule has 8 nitrogen and oxygen atoms in total. The van der Waals surface area contributed by atoms with Gasteiger partial charge in [-0.2, -0.15) is 8.42 Å². The molecule has 176 valence electrons. The summed E-state index contributed by atoms with van der Waals surface area (Å²) in [6, 6.07) is 5.86. The van der Waals surface area contributed by atoms with E-state index in [1.165, 1.54) is 19.2 Å². The van der Waals surface area contributed by atoms with Crippen molar-refractivity contribution in [3.05, 3.63) is 29.8 Å². The molecule has 0 radical (unpaired) electrons. The SMILES string of the molecule is CCCOC(=O)C(CC)CC(CC(C)c1ccc(S(=O)(=O)O)cc1)C(=O)OCCOC. The van der Waals surface area contributed by atoms with E-state index in [4.69, 9.17) is 18.8 Å². The molecule has 1 aromatic carbocycles. The first-order valence-electron chi connectivity index (χ1n) is 10.5. The number of carbonyl (C=O) groups excluding carboxylic acids is 2. The molecule has 0 aromatic heterocycles. The summed E-state index contributed by atoms with van der Waals surface area (Å²) in [5, 5.41) is 0. The lowest BCUT2D eigenvalue weighted by atomic mass is 9.84. The van der Waals surface area contributed by atoms with E-state index in [0.29, 0.717) is 25.9 Å². The standard InChI is InChI=1S/C22H34O8S/c1-5-11-29-21(23)17(6-2)15-19(22(24)30-13-12-28-4)14-16(3)18-7-9-20(10-8-18)31(25,26)27/h7-10,16-17,19H,5-6,11-15H2,1-4H3,(H,25,26,27). The van der Waals surface area contributed by atoms with Crippen LogP contribution in [-0.4, -0.2) is 51.8 Å². The second kappa shape index (κ2) is 13.4. The van der Waals surface area contributed by atoms with Gasteiger partial charge in [0.25, 0.3) is 10.1 Å². The summed E-state index contributed by atoms with van der Waals surface area (Å²) in [5.74, 6) is -1.78. The first-order chi connectivity index (χ1) is 14.6. The van der Waals surface area contributed by atoms with E-state index in [1.54, 1.807) is 12.1 Å². The van der Waals surface area contributed by atoms with Crippen molar-refractivity contribution in [3.8, 4) is 0 Å². The zero-order valence-electron chi connectivity index (χ0n) is 18.7. The van der Waals surface area contributed by atoms with Crippen molar-refractivity contribution in [1.29, 1.82) is 0 Å². The Morgan fingerprint density at radius 3 is 2.03 bits per heavy atom. The van der Waals surface area contributed by atoms with Crippen LogP contribution in [0.4, 0.5) is 0 Å². The summed E-state index contributed by atoms with van der Waals surface area (Å²) < 4.78 is 47.1. The highest BCUT2D eigenvalue weighted by Gasteiger charge is 2.30. The molecule has 0 saturated heterocycles. The third-order valence-electron chi connectivity index (χ3n) is 5.09. The Hall–Kier alpha value is -1.97. The minimum Gasteiger partial charge on any atom is -0.465 e. The Labute approximate surface area is 185 Å². The maximum absolute atomic E-state index is 12.7. The monoisotopic (exact) mass is 458 g/mol. The van der Waals surface area contributed by atoms with Crippen LogP contribution in [0.1, 0.15) is 57.9 Å². The molecule has 0 saturated carbocycles. The molecule has 1 rings (SSSR count). The summed E-state index contributed by atoms with van der Waals surface area (Å²) >= 11 is 0. The van der Waals surface area contributed by atoms with Crippen molar-refractivity contribution in [2.24, 2.45) is 11.8 Å². The van der Waals surface area contributed by atoms with E-state index in [0.717, 1.165) is 12.0 Å². The summed E-state index contributed by atoms with van der Waals surface area (Å²) in [6.45, 7) is 6.45. The van der Waals surface area contributed by atoms with Gasteiger partial charge in [0.15, 0.2) is 0 Å². The highest BCUT2D eigenvalue weighted by molar-refractivity contribution is 7.85. The fourth-order valence-corrected chi connectivity index (χ4v) is 3.74. The third-order valence-corrected chi connectivity index (χ3v) is 5.96. The second-order valence-electron chi connectivity index (χ2n) is 7.55. The summed E-state index contributed by atoms with van der Waals surface area (Å²) in [5.41, 5.74) is 0.809. The lowest BCUT2D eigenvalue weighted by Gasteiger charge is -2.23. The van der Waals surface area contributed by atoms with Crippen LogP contribution in [0.5, 0.6) is 0 Å². The fraction of sp³-hybridized carbons (Fsp3) is 0.636. The lowest BCUT2D eigenvalue weighted by Crippen LogP contribution is -2.27. The number of benzene rings is 1. The van der Waals surface area contributed by atoms with E-state index < -0.39 is 27.9 Å². The normalized spacial score (nSPS) is 14.5. The van der Waals surface area contributed by atoms with Gasteiger partial charge in [-0.1, -0.05) is 32.9 Å². The second-order valence-corrected chi connectivity index (χ2v) is 8.97. The molecular weight excluding hydrogens is 424 g/mol. The Balaban J connectivity index is 2.96. The van der Waals surface area contributed by atoms with Crippen molar-refractivity contribution in [1.82, 2.24) is 0 Å². The summed E-state index contributed by atoms with van der Waals surface area (Å²) in [4.78, 5) is 24.9. The van der Waals surface area contributed by atoms with E-state index in [2.05, 4.69) is 0 Å². The molecule has 0 spiro atoms. The van der Waals surface area contributed by atoms with E-state index in [9.17, 15) is 18.0 Å². The van der Waals surface area contributed by atoms with Crippen LogP contribution in [0, 0.1) is 11.8 Å². The smallest absolute Gasteiger partial charge is 0.309 e. The first-order valence-corrected chi connectivity index (χ1v) is 12.0. The Kier molecular flexibility index (Phi) is 11.7. The molecule has 0 amide bonds. The number of carbonyl (C=O) groups is 2. The zero-order chi connectivity index (χ0) is 23.4. The van der Waals surface area contributed by atoms with Gasteiger partial charge in [-0.05, 0) is 49.3 Å². The van der Waals surface area contributed by atoms with Crippen LogP contribution in [-0.2, 0) is 33.9 Å². The van der Waals surface area contributed by atoms with Gasteiger partial charge in [-0.3, -0.25) is 14.1 Å². The van der Waals surface area contributed by atoms with E-state index >= 15 is 0 Å². The quantitative estimate of drug-likeness (QED) is 0.255. The molecule has 3 unspecified atom stereocenters. The van der Waals surface area contributed by atoms with Crippen LogP contribution in [0.2, 0.25) is 0 Å². The van der Waals surface area contributed by atoms with E-state index in [-0.39, 0.29) is 30.0 Å². The lowest BCUT2D eigenvalue weighted by molar-refractivity contribution is -0.154. The maximum Gasteiger partial charge on any atom is 0.309 e. The molecule has 0 aliphatic rings. The molecule has 1 N–H and O–H groups in total. The van der Waals surface area contributed by atoms with Crippen LogP contribution in [0.15, 0.2) is 29.2 Å².